The molecule has 0 fully saturated rings. The number of sulfone groups is 1. The molecule has 0 aliphatic carbocycles. The largest absolute Gasteiger partial charge is 0.497 e. The summed E-state index contributed by atoms with van der Waals surface area (Å²) in [6, 6.07) is 7.25. The average Bonchev–Trinajstić information content (AvgIpc) is 3.14. The molecule has 8 nitrogen and oxygen atoms in total. The van der Waals surface area contributed by atoms with Crippen LogP contribution in [0.3, 0.4) is 0 Å². The summed E-state index contributed by atoms with van der Waals surface area (Å²) in [4.78, 5) is 6.38. The number of imidazole rings is 1. The van der Waals surface area contributed by atoms with Crippen molar-refractivity contribution in [2.75, 3.05) is 27.4 Å². The van der Waals surface area contributed by atoms with Crippen molar-refractivity contribution < 1.29 is 17.9 Å². The zero-order valence-corrected chi connectivity index (χ0v) is 22.0. The predicted octanol–water partition coefficient (Wildman–Crippen LogP) is 3.25. The fourth-order valence-corrected chi connectivity index (χ4v) is 5.31. The molecule has 0 saturated heterocycles. The topological polar surface area (TPSA) is 85.7 Å². The predicted molar refractivity (Wildman–Crippen MR) is 134 cm³/mol. The van der Waals surface area contributed by atoms with Gasteiger partial charge in [0, 0.05) is 26.2 Å². The lowest BCUT2D eigenvalue weighted by atomic mass is 10.2. The highest BCUT2D eigenvalue weighted by Crippen LogP contribution is 2.21. The van der Waals surface area contributed by atoms with Crippen LogP contribution in [-0.2, 0) is 33.4 Å². The zero-order chi connectivity index (χ0) is 24.6. The molecule has 10 heteroatoms. The second kappa shape index (κ2) is 12.3. The lowest BCUT2D eigenvalue weighted by Crippen LogP contribution is -2.44. The first-order valence-electron chi connectivity index (χ1n) is 11.0. The van der Waals surface area contributed by atoms with Crippen LogP contribution in [0.1, 0.15) is 39.0 Å². The second-order valence-corrected chi connectivity index (χ2v) is 10.9. The molecule has 0 saturated carbocycles. The van der Waals surface area contributed by atoms with Gasteiger partial charge in [-0.1, -0.05) is 26.0 Å². The van der Waals surface area contributed by atoms with Crippen LogP contribution in [0.5, 0.6) is 5.75 Å². The smallest absolute Gasteiger partial charge is 0.228 e. The van der Waals surface area contributed by atoms with Crippen LogP contribution in [0.4, 0.5) is 0 Å². The summed E-state index contributed by atoms with van der Waals surface area (Å²) >= 11 is 5.62. The Morgan fingerprint density at radius 3 is 2.58 bits per heavy atom. The lowest BCUT2D eigenvalue weighted by Gasteiger charge is -2.29. The quantitative estimate of drug-likeness (QED) is 0.448. The summed E-state index contributed by atoms with van der Waals surface area (Å²) in [5.41, 5.74) is 1.41. The van der Waals surface area contributed by atoms with Gasteiger partial charge in [-0.3, -0.25) is 0 Å². The molecule has 0 amide bonds. The highest BCUT2D eigenvalue weighted by Gasteiger charge is 2.25. The molecular formula is C23H36N4O4S2. The van der Waals surface area contributed by atoms with Crippen molar-refractivity contribution in [1.29, 1.82) is 0 Å². The van der Waals surface area contributed by atoms with Gasteiger partial charge in [0.05, 0.1) is 37.9 Å². The third-order valence-electron chi connectivity index (χ3n) is 4.83. The number of thiocarbonyl (C=S) groups is 1. The number of nitrogens with zero attached hydrogens (tertiary/aromatic N) is 3. The van der Waals surface area contributed by atoms with Crippen LogP contribution >= 0.6 is 12.2 Å². The molecule has 33 heavy (non-hydrogen) atoms. The Balaban J connectivity index is 2.38. The molecule has 1 N–H and O–H groups in total. The number of nitrogens with one attached hydrogen (secondary N) is 1. The highest BCUT2D eigenvalue weighted by atomic mass is 32.2. The fraction of sp³-hybridized carbons (Fsp3) is 0.565. The maximum atomic E-state index is 13.3. The van der Waals surface area contributed by atoms with Gasteiger partial charge in [-0.25, -0.2) is 13.4 Å². The number of hydrogen-bond acceptors (Lipinski definition) is 6. The van der Waals surface area contributed by atoms with E-state index >= 15 is 0 Å². The maximum absolute atomic E-state index is 13.3. The van der Waals surface area contributed by atoms with Gasteiger partial charge in [-0.2, -0.15) is 0 Å². The fourth-order valence-electron chi connectivity index (χ4n) is 3.43. The first-order valence-corrected chi connectivity index (χ1v) is 13.1. The molecule has 184 valence electrons. The van der Waals surface area contributed by atoms with Crippen LogP contribution in [0.15, 0.2) is 35.6 Å². The second-order valence-electron chi connectivity index (χ2n) is 8.67. The minimum atomic E-state index is -3.70. The molecule has 1 aromatic carbocycles. The summed E-state index contributed by atoms with van der Waals surface area (Å²) in [6.07, 6.45) is 1.62. The Morgan fingerprint density at radius 1 is 1.24 bits per heavy atom. The molecule has 0 unspecified atom stereocenters. The number of ether oxygens (including phenoxy) is 2. The van der Waals surface area contributed by atoms with E-state index in [0.717, 1.165) is 12.2 Å². The maximum Gasteiger partial charge on any atom is 0.228 e. The molecule has 2 aromatic rings. The van der Waals surface area contributed by atoms with E-state index in [1.165, 1.54) is 0 Å². The monoisotopic (exact) mass is 496 g/mol. The number of methoxy groups -OCH3 is 2. The third kappa shape index (κ3) is 7.97. The molecule has 0 bridgehead atoms. The first kappa shape index (κ1) is 27.1. The summed E-state index contributed by atoms with van der Waals surface area (Å²) in [7, 11) is -0.557. The number of rotatable bonds is 12. The van der Waals surface area contributed by atoms with Gasteiger partial charge in [0.25, 0.3) is 0 Å². The van der Waals surface area contributed by atoms with E-state index < -0.39 is 9.84 Å². The Bertz CT molecular complexity index is 1020. The van der Waals surface area contributed by atoms with Crippen molar-refractivity contribution in [2.45, 2.75) is 57.7 Å². The van der Waals surface area contributed by atoms with Gasteiger partial charge in [-0.15, -0.1) is 0 Å². The van der Waals surface area contributed by atoms with Crippen molar-refractivity contribution in [3.63, 3.8) is 0 Å². The SMILES string of the molecule is COCCn1c(CN(CC(C)C)C(=S)NC(C)C)cnc1S(=O)(=O)Cc1cccc(OC)c1. The molecule has 1 heterocycles. The van der Waals surface area contributed by atoms with Gasteiger partial charge in [0.15, 0.2) is 5.11 Å². The molecule has 0 aliphatic heterocycles. The summed E-state index contributed by atoms with van der Waals surface area (Å²) in [5, 5.41) is 3.95. The van der Waals surface area contributed by atoms with Gasteiger partial charge < -0.3 is 24.3 Å². The zero-order valence-electron chi connectivity index (χ0n) is 20.4. The van der Waals surface area contributed by atoms with Crippen LogP contribution < -0.4 is 10.1 Å². The van der Waals surface area contributed by atoms with Gasteiger partial charge in [-0.05, 0) is 49.7 Å². The van der Waals surface area contributed by atoms with Crippen molar-refractivity contribution >= 4 is 27.2 Å². The molecule has 0 spiro atoms. The first-order chi connectivity index (χ1) is 15.6. The van der Waals surface area contributed by atoms with E-state index in [9.17, 15) is 8.42 Å². The lowest BCUT2D eigenvalue weighted by molar-refractivity contribution is 0.182. The molecule has 2 rings (SSSR count). The summed E-state index contributed by atoms with van der Waals surface area (Å²) in [6.45, 7) is 10.2. The average molecular weight is 497 g/mol. The Hall–Kier alpha value is -2.17. The van der Waals surface area contributed by atoms with Gasteiger partial charge >= 0.3 is 0 Å². The molecule has 0 radical (unpaired) electrons. The summed E-state index contributed by atoms with van der Waals surface area (Å²) < 4.78 is 38.8. The minimum absolute atomic E-state index is 0.0320. The summed E-state index contributed by atoms with van der Waals surface area (Å²) in [5.74, 6) is 0.821. The van der Waals surface area contributed by atoms with E-state index in [1.807, 2.05) is 13.8 Å². The standard InChI is InChI=1S/C23H36N4O4S2/c1-17(2)14-26(22(32)25-18(3)4)15-20-13-24-23(27(20)10-11-30-5)33(28,29)16-19-8-7-9-21(12-19)31-6/h7-9,12-13,17-18H,10-11,14-16H2,1-6H3,(H,25,32). The van der Waals surface area contributed by atoms with E-state index in [1.54, 1.807) is 49.2 Å². The molecule has 1 aromatic heterocycles. The third-order valence-corrected chi connectivity index (χ3v) is 6.80. The normalized spacial score (nSPS) is 11.8. The van der Waals surface area contributed by atoms with Crippen molar-refractivity contribution in [1.82, 2.24) is 19.8 Å². The number of hydrogen-bond donors (Lipinski definition) is 1. The Morgan fingerprint density at radius 2 is 1.97 bits per heavy atom. The van der Waals surface area contributed by atoms with Gasteiger partial charge in [0.1, 0.15) is 5.75 Å². The Labute approximate surface area is 203 Å². The van der Waals surface area contributed by atoms with E-state index in [4.69, 9.17) is 21.7 Å². The molecular weight excluding hydrogens is 460 g/mol. The van der Waals surface area contributed by atoms with Crippen molar-refractivity contribution in [3.8, 4) is 5.75 Å². The van der Waals surface area contributed by atoms with Crippen LogP contribution in [-0.4, -0.2) is 61.4 Å². The van der Waals surface area contributed by atoms with Gasteiger partial charge in [0.2, 0.25) is 15.0 Å². The van der Waals surface area contributed by atoms with Crippen LogP contribution in [0, 0.1) is 5.92 Å². The minimum Gasteiger partial charge on any atom is -0.497 e. The number of benzene rings is 1. The Kier molecular flexibility index (Phi) is 10.1. The molecule has 0 atom stereocenters. The van der Waals surface area contributed by atoms with Crippen LogP contribution in [0.25, 0.3) is 0 Å². The molecule has 0 aliphatic rings. The van der Waals surface area contributed by atoms with E-state index in [2.05, 4.69) is 29.0 Å². The van der Waals surface area contributed by atoms with Crippen molar-refractivity contribution in [3.05, 3.63) is 41.7 Å². The van der Waals surface area contributed by atoms with Crippen LogP contribution in [0.2, 0.25) is 0 Å². The highest BCUT2D eigenvalue weighted by molar-refractivity contribution is 7.90. The number of aromatic nitrogens is 2. The van der Waals surface area contributed by atoms with Crippen molar-refractivity contribution in [2.24, 2.45) is 5.92 Å². The van der Waals surface area contributed by atoms with E-state index in [0.29, 0.717) is 42.0 Å². The van der Waals surface area contributed by atoms with E-state index in [-0.39, 0.29) is 17.0 Å².